The highest BCUT2D eigenvalue weighted by Gasteiger charge is 2.34. The fraction of sp³-hybridized carbons (Fsp3) is 0.241. The normalized spacial score (nSPS) is 12.4. The van der Waals surface area contributed by atoms with Crippen molar-refractivity contribution in [3.05, 3.63) is 89.8 Å². The molecule has 5 rings (SSSR count). The number of imidazole rings is 1. The maximum atomic E-state index is 14.3. The number of hydrogen-bond acceptors (Lipinski definition) is 9. The summed E-state index contributed by atoms with van der Waals surface area (Å²) in [5.41, 5.74) is -0.190. The Morgan fingerprint density at radius 3 is 2.49 bits per heavy atom. The van der Waals surface area contributed by atoms with Crippen LogP contribution >= 0.6 is 0 Å². The van der Waals surface area contributed by atoms with Gasteiger partial charge in [-0.15, -0.1) is 0 Å². The second kappa shape index (κ2) is 12.6. The van der Waals surface area contributed by atoms with Gasteiger partial charge in [-0.25, -0.2) is 24.1 Å². The Morgan fingerprint density at radius 2 is 1.77 bits per heavy atom. The molecule has 0 spiro atoms. The van der Waals surface area contributed by atoms with Gasteiger partial charge in [0.05, 0.1) is 48.7 Å². The zero-order valence-corrected chi connectivity index (χ0v) is 22.6. The zero-order chi connectivity index (χ0) is 30.6. The monoisotopic (exact) mass is 596 g/mol. The highest BCUT2D eigenvalue weighted by atomic mass is 19.4. The molecule has 1 unspecified atom stereocenters. The Balaban J connectivity index is 1.50. The number of aliphatic hydroxyl groups is 1. The quantitative estimate of drug-likeness (QED) is 0.141. The summed E-state index contributed by atoms with van der Waals surface area (Å²) in [5.74, 6) is -1.02. The summed E-state index contributed by atoms with van der Waals surface area (Å²) in [5, 5.41) is 17.0. The largest absolute Gasteiger partial charge is 0.461 e. The van der Waals surface area contributed by atoms with E-state index in [0.717, 1.165) is 6.07 Å². The summed E-state index contributed by atoms with van der Waals surface area (Å²) < 4.78 is 67.4. The molecule has 2 aromatic carbocycles. The van der Waals surface area contributed by atoms with Gasteiger partial charge in [0.1, 0.15) is 18.1 Å². The number of alkyl halides is 3. The number of fused-ring (bicyclic) bond motifs is 1. The van der Waals surface area contributed by atoms with Crippen LogP contribution in [-0.4, -0.2) is 67.2 Å². The molecule has 1 aromatic heterocycles. The number of carbonyl (C=O) groups is 1. The summed E-state index contributed by atoms with van der Waals surface area (Å²) in [6.07, 6.45) is -1.88. The molecular weight excluding hydrogens is 572 g/mol. The van der Waals surface area contributed by atoms with Gasteiger partial charge in [-0.2, -0.15) is 23.4 Å². The Morgan fingerprint density at radius 1 is 0.953 bits per heavy atom. The minimum absolute atomic E-state index is 0.0134. The lowest BCUT2D eigenvalue weighted by molar-refractivity contribution is -0.148. The molecule has 0 saturated carbocycles. The van der Waals surface area contributed by atoms with E-state index in [4.69, 9.17) is 14.6 Å². The predicted octanol–water partition coefficient (Wildman–Crippen LogP) is 4.51. The number of esters is 1. The summed E-state index contributed by atoms with van der Waals surface area (Å²) in [6, 6.07) is 11.3. The maximum Gasteiger partial charge on any atom is 0.417 e. The zero-order valence-electron chi connectivity index (χ0n) is 22.6. The van der Waals surface area contributed by atoms with E-state index in [1.54, 1.807) is 13.0 Å². The van der Waals surface area contributed by atoms with Gasteiger partial charge in [0.25, 0.3) is 0 Å². The first kappa shape index (κ1) is 29.7. The molecule has 222 valence electrons. The Kier molecular flexibility index (Phi) is 8.68. The van der Waals surface area contributed by atoms with Crippen molar-refractivity contribution in [2.75, 3.05) is 26.4 Å². The van der Waals surface area contributed by atoms with E-state index in [9.17, 15) is 22.4 Å². The second-order valence-electron chi connectivity index (χ2n) is 9.35. The third kappa shape index (κ3) is 6.65. The molecule has 0 saturated heterocycles. The smallest absolute Gasteiger partial charge is 0.417 e. The average molecular weight is 597 g/mol. The van der Waals surface area contributed by atoms with Crippen LogP contribution in [0.25, 0.3) is 34.2 Å². The summed E-state index contributed by atoms with van der Waals surface area (Å²) >= 11 is 0. The second-order valence-corrected chi connectivity index (χ2v) is 9.35. The van der Waals surface area contributed by atoms with Gasteiger partial charge in [0, 0.05) is 11.8 Å². The number of nitrogens with zero attached hydrogens (tertiary/aromatic N) is 6. The number of aryl methyl sites for hydroxylation is 1. The third-order valence-corrected chi connectivity index (χ3v) is 6.32. The van der Waals surface area contributed by atoms with E-state index >= 15 is 0 Å². The molecule has 0 aliphatic carbocycles. The van der Waals surface area contributed by atoms with Crippen molar-refractivity contribution >= 4 is 5.97 Å². The summed E-state index contributed by atoms with van der Waals surface area (Å²) in [6.45, 7) is 1.27. The number of aliphatic hydroxyl groups excluding tert-OH is 1. The minimum Gasteiger partial charge on any atom is -0.461 e. The van der Waals surface area contributed by atoms with Crippen LogP contribution in [0.1, 0.15) is 22.9 Å². The first-order valence-electron chi connectivity index (χ1n) is 13.0. The molecule has 3 heterocycles. The lowest BCUT2D eigenvalue weighted by Gasteiger charge is -2.19. The Labute approximate surface area is 242 Å². The molecule has 1 atom stereocenters. The third-order valence-electron chi connectivity index (χ3n) is 6.32. The van der Waals surface area contributed by atoms with Gasteiger partial charge < -0.3 is 19.1 Å². The maximum absolute atomic E-state index is 14.3. The van der Waals surface area contributed by atoms with Crippen molar-refractivity contribution in [2.24, 2.45) is 0 Å². The Hall–Kier alpha value is -4.82. The lowest BCUT2D eigenvalue weighted by Crippen LogP contribution is -2.26. The molecule has 10 nitrogen and oxygen atoms in total. The van der Waals surface area contributed by atoms with E-state index < -0.39 is 29.6 Å². The van der Waals surface area contributed by atoms with Crippen LogP contribution in [0.2, 0.25) is 0 Å². The van der Waals surface area contributed by atoms with Crippen LogP contribution in [-0.2, 0) is 20.4 Å². The molecular formula is C29H24F4N6O4. The van der Waals surface area contributed by atoms with Crippen molar-refractivity contribution < 1.29 is 36.9 Å². The average Bonchev–Trinajstić information content (AvgIpc) is 3.41. The van der Waals surface area contributed by atoms with Gasteiger partial charge in [-0.05, 0) is 37.3 Å². The van der Waals surface area contributed by atoms with Crippen LogP contribution in [0.5, 0.6) is 0 Å². The minimum atomic E-state index is -4.62. The van der Waals surface area contributed by atoms with Crippen molar-refractivity contribution in [1.29, 1.82) is 0 Å². The van der Waals surface area contributed by atoms with E-state index in [1.165, 1.54) is 59.6 Å². The number of aromatic nitrogens is 6. The lowest BCUT2D eigenvalue weighted by atomic mass is 10.0. The standard InChI is InChI=1S/C29H24F4N6O4/c1-17-6-7-18(20(14-17)29(31,32)33)22-8-9-23(38-37-22)25(28(41)43-13-12-42-11-10-40)39-15-24-27(34-16-39)36-26(35-24)19-4-2-3-5-21(19)30/h2-9,14-16,25,40H,10-13H2,1H3. The fourth-order valence-electron chi connectivity index (χ4n) is 4.32. The molecule has 2 aliphatic heterocycles. The van der Waals surface area contributed by atoms with Crippen molar-refractivity contribution in [3.8, 4) is 34.2 Å². The number of halogens is 4. The molecule has 0 bridgehead atoms. The molecule has 14 heteroatoms. The molecule has 0 amide bonds. The van der Waals surface area contributed by atoms with Crippen molar-refractivity contribution in [1.82, 2.24) is 29.7 Å². The first-order valence-corrected chi connectivity index (χ1v) is 13.0. The van der Waals surface area contributed by atoms with Crippen LogP contribution < -0.4 is 0 Å². The predicted molar refractivity (Wildman–Crippen MR) is 144 cm³/mol. The molecule has 2 aliphatic rings. The fourth-order valence-corrected chi connectivity index (χ4v) is 4.32. The highest BCUT2D eigenvalue weighted by molar-refractivity contribution is 5.78. The SMILES string of the molecule is Cc1ccc(-c2ccc(C(C(=O)OCCOCCO)n3cnc4nc(-c5ccccc5F)nc-4c3)nn2)c(C(F)(F)F)c1. The highest BCUT2D eigenvalue weighted by Crippen LogP contribution is 2.37. The molecule has 0 fully saturated rings. The van der Waals surface area contributed by atoms with Gasteiger partial charge >= 0.3 is 12.1 Å². The van der Waals surface area contributed by atoms with E-state index in [1.807, 2.05) is 0 Å². The van der Waals surface area contributed by atoms with Gasteiger partial charge in [-0.1, -0.05) is 29.8 Å². The van der Waals surface area contributed by atoms with Crippen LogP contribution in [0.15, 0.2) is 67.1 Å². The van der Waals surface area contributed by atoms with Crippen LogP contribution in [0, 0.1) is 12.7 Å². The molecule has 0 radical (unpaired) electrons. The summed E-state index contributed by atoms with van der Waals surface area (Å²) in [4.78, 5) is 26.2. The van der Waals surface area contributed by atoms with E-state index in [2.05, 4.69) is 25.1 Å². The summed E-state index contributed by atoms with van der Waals surface area (Å²) in [7, 11) is 0. The molecule has 3 aromatic rings. The number of hydrogen-bond donors (Lipinski definition) is 1. The number of rotatable bonds is 10. The number of ether oxygens (including phenoxy) is 2. The van der Waals surface area contributed by atoms with Gasteiger partial charge in [-0.3, -0.25) is 0 Å². The molecule has 43 heavy (non-hydrogen) atoms. The number of carbonyl (C=O) groups excluding carboxylic acids is 1. The first-order chi connectivity index (χ1) is 20.7. The van der Waals surface area contributed by atoms with Crippen molar-refractivity contribution in [2.45, 2.75) is 19.1 Å². The van der Waals surface area contributed by atoms with Crippen LogP contribution in [0.3, 0.4) is 0 Å². The van der Waals surface area contributed by atoms with Crippen molar-refractivity contribution in [3.63, 3.8) is 0 Å². The van der Waals surface area contributed by atoms with E-state index in [-0.39, 0.29) is 66.3 Å². The van der Waals surface area contributed by atoms with E-state index in [0.29, 0.717) is 5.56 Å². The molecule has 1 N–H and O–H groups in total. The Bertz CT molecular complexity index is 1690. The van der Waals surface area contributed by atoms with Crippen LogP contribution in [0.4, 0.5) is 17.6 Å². The van der Waals surface area contributed by atoms with Gasteiger partial charge in [0.2, 0.25) is 0 Å². The topological polar surface area (TPSA) is 125 Å². The van der Waals surface area contributed by atoms with Gasteiger partial charge in [0.15, 0.2) is 17.7 Å². The number of benzene rings is 2.